The van der Waals surface area contributed by atoms with Crippen molar-refractivity contribution < 1.29 is 5.11 Å². The van der Waals surface area contributed by atoms with E-state index in [1.54, 1.807) is 0 Å². The Balaban J connectivity index is 2.22. The van der Waals surface area contributed by atoms with Crippen molar-refractivity contribution in [3.8, 4) is 0 Å². The van der Waals surface area contributed by atoms with E-state index in [0.29, 0.717) is 12.1 Å². The van der Waals surface area contributed by atoms with E-state index >= 15 is 0 Å². The molecule has 0 aromatic rings. The monoisotopic (exact) mass is 186 g/mol. The smallest absolute Gasteiger partial charge is 0.0443 e. The fourth-order valence-corrected chi connectivity index (χ4v) is 1.81. The Labute approximate surface area is 81.1 Å². The van der Waals surface area contributed by atoms with Gasteiger partial charge >= 0.3 is 0 Å². The van der Waals surface area contributed by atoms with E-state index in [-0.39, 0.29) is 0 Å². The molecule has 0 aromatic carbocycles. The molecule has 1 heterocycles. The average molecular weight is 186 g/mol. The summed E-state index contributed by atoms with van der Waals surface area (Å²) < 4.78 is 0. The Bertz CT molecular complexity index is 142. The topological polar surface area (TPSA) is 35.5 Å². The second-order valence-electron chi connectivity index (χ2n) is 4.23. The van der Waals surface area contributed by atoms with Crippen LogP contribution in [-0.2, 0) is 0 Å². The first-order valence-electron chi connectivity index (χ1n) is 5.22. The summed E-state index contributed by atoms with van der Waals surface area (Å²) in [6, 6.07) is 0. The maximum atomic E-state index is 8.71. The quantitative estimate of drug-likeness (QED) is 0.669. The molecule has 0 atom stereocenters. The lowest BCUT2D eigenvalue weighted by atomic mass is 9.90. The number of likely N-dealkylation sites (tertiary alicyclic amines) is 1. The van der Waals surface area contributed by atoms with Gasteiger partial charge in [0.2, 0.25) is 0 Å². The number of hydrogen-bond acceptors (Lipinski definition) is 3. The SMILES string of the molecule is CNC1(C)CCN(CCCO)CC1. The highest BCUT2D eigenvalue weighted by molar-refractivity contribution is 4.87. The molecule has 13 heavy (non-hydrogen) atoms. The lowest BCUT2D eigenvalue weighted by Crippen LogP contribution is -2.50. The Morgan fingerprint density at radius 1 is 1.38 bits per heavy atom. The van der Waals surface area contributed by atoms with Crippen LogP contribution in [0.3, 0.4) is 0 Å². The molecule has 0 amide bonds. The van der Waals surface area contributed by atoms with Crippen molar-refractivity contribution in [3.05, 3.63) is 0 Å². The predicted octanol–water partition coefficient (Wildman–Crippen LogP) is 0.443. The van der Waals surface area contributed by atoms with Crippen LogP contribution in [0.1, 0.15) is 26.2 Å². The summed E-state index contributed by atoms with van der Waals surface area (Å²) in [7, 11) is 2.05. The highest BCUT2D eigenvalue weighted by atomic mass is 16.3. The number of hydrogen-bond donors (Lipinski definition) is 2. The predicted molar refractivity (Wildman–Crippen MR) is 54.8 cm³/mol. The summed E-state index contributed by atoms with van der Waals surface area (Å²) in [6.07, 6.45) is 3.35. The van der Waals surface area contributed by atoms with Crippen LogP contribution in [0.15, 0.2) is 0 Å². The number of nitrogens with one attached hydrogen (secondary N) is 1. The van der Waals surface area contributed by atoms with Gasteiger partial charge in [-0.05, 0) is 46.3 Å². The zero-order valence-corrected chi connectivity index (χ0v) is 8.84. The van der Waals surface area contributed by atoms with Gasteiger partial charge in [0.1, 0.15) is 0 Å². The van der Waals surface area contributed by atoms with E-state index in [1.165, 1.54) is 12.8 Å². The molecule has 1 rings (SSSR count). The van der Waals surface area contributed by atoms with E-state index < -0.39 is 0 Å². The van der Waals surface area contributed by atoms with Crippen LogP contribution in [0, 0.1) is 0 Å². The van der Waals surface area contributed by atoms with Gasteiger partial charge in [-0.3, -0.25) is 0 Å². The molecular formula is C10H22N2O. The molecular weight excluding hydrogens is 164 g/mol. The Hall–Kier alpha value is -0.120. The average Bonchev–Trinajstić information content (AvgIpc) is 2.17. The molecule has 1 aliphatic rings. The van der Waals surface area contributed by atoms with Gasteiger partial charge in [-0.1, -0.05) is 0 Å². The number of piperidine rings is 1. The molecule has 1 aliphatic heterocycles. The van der Waals surface area contributed by atoms with Gasteiger partial charge in [-0.2, -0.15) is 0 Å². The molecule has 0 aliphatic carbocycles. The number of nitrogens with zero attached hydrogens (tertiary/aromatic N) is 1. The summed E-state index contributed by atoms with van der Waals surface area (Å²) in [4.78, 5) is 2.44. The number of aliphatic hydroxyl groups excluding tert-OH is 1. The summed E-state index contributed by atoms with van der Waals surface area (Å²) in [5.74, 6) is 0. The lowest BCUT2D eigenvalue weighted by Gasteiger charge is -2.39. The van der Waals surface area contributed by atoms with Gasteiger partial charge < -0.3 is 15.3 Å². The molecule has 0 saturated carbocycles. The van der Waals surface area contributed by atoms with Crippen molar-refractivity contribution in [1.82, 2.24) is 10.2 Å². The maximum absolute atomic E-state index is 8.71. The minimum Gasteiger partial charge on any atom is -0.396 e. The molecule has 1 fully saturated rings. The molecule has 2 N–H and O–H groups in total. The molecule has 3 heteroatoms. The third-order valence-corrected chi connectivity index (χ3v) is 3.20. The Kier molecular flexibility index (Phi) is 4.16. The van der Waals surface area contributed by atoms with Crippen LogP contribution in [0.2, 0.25) is 0 Å². The van der Waals surface area contributed by atoms with E-state index in [2.05, 4.69) is 17.1 Å². The van der Waals surface area contributed by atoms with Gasteiger partial charge in [-0.25, -0.2) is 0 Å². The fourth-order valence-electron chi connectivity index (χ4n) is 1.81. The van der Waals surface area contributed by atoms with E-state index in [0.717, 1.165) is 26.1 Å². The first-order valence-corrected chi connectivity index (χ1v) is 5.22. The van der Waals surface area contributed by atoms with Crippen LogP contribution < -0.4 is 5.32 Å². The molecule has 78 valence electrons. The van der Waals surface area contributed by atoms with Crippen LogP contribution in [0.25, 0.3) is 0 Å². The highest BCUT2D eigenvalue weighted by Gasteiger charge is 2.27. The van der Waals surface area contributed by atoms with Crippen LogP contribution >= 0.6 is 0 Å². The first kappa shape index (κ1) is 11.0. The molecule has 0 radical (unpaired) electrons. The van der Waals surface area contributed by atoms with Crippen molar-refractivity contribution >= 4 is 0 Å². The van der Waals surface area contributed by atoms with Crippen molar-refractivity contribution in [1.29, 1.82) is 0 Å². The molecule has 0 aromatic heterocycles. The maximum Gasteiger partial charge on any atom is 0.0443 e. The zero-order valence-electron chi connectivity index (χ0n) is 8.84. The number of rotatable bonds is 4. The Morgan fingerprint density at radius 2 is 2.00 bits per heavy atom. The van der Waals surface area contributed by atoms with Gasteiger partial charge in [0.05, 0.1) is 0 Å². The first-order chi connectivity index (χ1) is 6.20. The summed E-state index contributed by atoms with van der Waals surface area (Å²) in [6.45, 7) is 5.99. The largest absolute Gasteiger partial charge is 0.396 e. The minimum absolute atomic E-state index is 0.319. The minimum atomic E-state index is 0.319. The van der Waals surface area contributed by atoms with Crippen LogP contribution in [0.4, 0.5) is 0 Å². The second-order valence-corrected chi connectivity index (χ2v) is 4.23. The van der Waals surface area contributed by atoms with Gasteiger partial charge in [0, 0.05) is 18.7 Å². The van der Waals surface area contributed by atoms with E-state index in [4.69, 9.17) is 5.11 Å². The summed E-state index contributed by atoms with van der Waals surface area (Å²) in [5, 5.41) is 12.1. The van der Waals surface area contributed by atoms with Crippen LogP contribution in [-0.4, -0.2) is 48.8 Å². The molecule has 0 spiro atoms. The van der Waals surface area contributed by atoms with Crippen molar-refractivity contribution in [2.24, 2.45) is 0 Å². The van der Waals surface area contributed by atoms with Gasteiger partial charge in [0.15, 0.2) is 0 Å². The fraction of sp³-hybridized carbons (Fsp3) is 1.00. The third-order valence-electron chi connectivity index (χ3n) is 3.20. The van der Waals surface area contributed by atoms with Gasteiger partial charge in [-0.15, -0.1) is 0 Å². The molecule has 0 bridgehead atoms. The van der Waals surface area contributed by atoms with E-state index in [9.17, 15) is 0 Å². The van der Waals surface area contributed by atoms with Crippen molar-refractivity contribution in [2.45, 2.75) is 31.7 Å². The molecule has 0 unspecified atom stereocenters. The summed E-state index contributed by atoms with van der Waals surface area (Å²) >= 11 is 0. The normalized spacial score (nSPS) is 23.3. The second kappa shape index (κ2) is 4.94. The van der Waals surface area contributed by atoms with Gasteiger partial charge in [0.25, 0.3) is 0 Å². The standard InChI is InChI=1S/C10H22N2O/c1-10(11-2)4-7-12(8-5-10)6-3-9-13/h11,13H,3-9H2,1-2H3. The Morgan fingerprint density at radius 3 is 2.46 bits per heavy atom. The van der Waals surface area contributed by atoms with Crippen LogP contribution in [0.5, 0.6) is 0 Å². The number of aliphatic hydroxyl groups is 1. The lowest BCUT2D eigenvalue weighted by molar-refractivity contribution is 0.141. The third kappa shape index (κ3) is 3.25. The van der Waals surface area contributed by atoms with E-state index in [1.807, 2.05) is 7.05 Å². The zero-order chi connectivity index (χ0) is 9.73. The highest BCUT2D eigenvalue weighted by Crippen LogP contribution is 2.20. The van der Waals surface area contributed by atoms with Crippen molar-refractivity contribution in [2.75, 3.05) is 33.3 Å². The molecule has 3 nitrogen and oxygen atoms in total. The summed E-state index contributed by atoms with van der Waals surface area (Å²) in [5.41, 5.74) is 0.343. The molecule has 1 saturated heterocycles. The van der Waals surface area contributed by atoms with Crippen molar-refractivity contribution in [3.63, 3.8) is 0 Å².